The Labute approximate surface area is 89.9 Å². The molecule has 2 unspecified atom stereocenters. The van der Waals surface area contributed by atoms with E-state index in [0.29, 0.717) is 12.8 Å². The second kappa shape index (κ2) is 5.73. The third-order valence-electron chi connectivity index (χ3n) is 2.50. The first-order valence-corrected chi connectivity index (χ1v) is 5.48. The lowest BCUT2D eigenvalue weighted by Crippen LogP contribution is -2.30. The van der Waals surface area contributed by atoms with Crippen molar-refractivity contribution in [3.05, 3.63) is 0 Å². The molecule has 4 nitrogen and oxygen atoms in total. The van der Waals surface area contributed by atoms with Gasteiger partial charge < -0.3 is 9.47 Å². The molecule has 0 saturated heterocycles. The minimum atomic E-state index is -0.262. The van der Waals surface area contributed by atoms with Crippen LogP contribution in [0.2, 0.25) is 0 Å². The molecule has 15 heavy (non-hydrogen) atoms. The number of hydrogen-bond acceptors (Lipinski definition) is 4. The molecular formula is C11H18O4. The van der Waals surface area contributed by atoms with Crippen LogP contribution in [0.15, 0.2) is 0 Å². The first-order chi connectivity index (χ1) is 7.11. The van der Waals surface area contributed by atoms with E-state index < -0.39 is 0 Å². The van der Waals surface area contributed by atoms with Gasteiger partial charge in [0.25, 0.3) is 0 Å². The highest BCUT2D eigenvalue weighted by atomic mass is 16.6. The van der Waals surface area contributed by atoms with Gasteiger partial charge in [-0.05, 0) is 19.3 Å². The Morgan fingerprint density at radius 1 is 1.20 bits per heavy atom. The minimum Gasteiger partial charge on any atom is -0.462 e. The average Bonchev–Trinajstić information content (AvgIpc) is 2.17. The smallest absolute Gasteiger partial charge is 0.305 e. The van der Waals surface area contributed by atoms with Crippen molar-refractivity contribution in [1.29, 1.82) is 0 Å². The second-order valence-corrected chi connectivity index (χ2v) is 3.86. The van der Waals surface area contributed by atoms with E-state index in [0.717, 1.165) is 19.3 Å². The Morgan fingerprint density at radius 3 is 2.33 bits per heavy atom. The molecule has 86 valence electrons. The van der Waals surface area contributed by atoms with Gasteiger partial charge in [-0.2, -0.15) is 0 Å². The molecule has 0 aromatic heterocycles. The molecule has 4 heteroatoms. The molecule has 1 aliphatic rings. The summed E-state index contributed by atoms with van der Waals surface area (Å²) in [4.78, 5) is 21.8. The SMILES string of the molecule is CCC(=O)OC1CCCC(OC(C)=O)C1. The minimum absolute atomic E-state index is 0.0736. The van der Waals surface area contributed by atoms with Crippen molar-refractivity contribution in [2.75, 3.05) is 0 Å². The van der Waals surface area contributed by atoms with E-state index in [1.54, 1.807) is 6.92 Å². The average molecular weight is 214 g/mol. The molecular weight excluding hydrogens is 196 g/mol. The van der Waals surface area contributed by atoms with Gasteiger partial charge >= 0.3 is 11.9 Å². The van der Waals surface area contributed by atoms with Crippen LogP contribution in [-0.4, -0.2) is 24.1 Å². The van der Waals surface area contributed by atoms with Gasteiger partial charge in [-0.15, -0.1) is 0 Å². The van der Waals surface area contributed by atoms with E-state index in [9.17, 15) is 9.59 Å². The van der Waals surface area contributed by atoms with Crippen molar-refractivity contribution < 1.29 is 19.1 Å². The fraction of sp³-hybridized carbons (Fsp3) is 0.818. The number of rotatable bonds is 3. The molecule has 1 rings (SSSR count). The highest BCUT2D eigenvalue weighted by Crippen LogP contribution is 2.23. The highest BCUT2D eigenvalue weighted by Gasteiger charge is 2.26. The summed E-state index contributed by atoms with van der Waals surface area (Å²) in [5.41, 5.74) is 0. The summed E-state index contributed by atoms with van der Waals surface area (Å²) < 4.78 is 10.3. The zero-order valence-corrected chi connectivity index (χ0v) is 9.32. The van der Waals surface area contributed by atoms with Crippen molar-refractivity contribution in [1.82, 2.24) is 0 Å². The summed E-state index contributed by atoms with van der Waals surface area (Å²) in [5, 5.41) is 0. The van der Waals surface area contributed by atoms with Crippen LogP contribution in [-0.2, 0) is 19.1 Å². The van der Waals surface area contributed by atoms with Gasteiger partial charge in [0, 0.05) is 19.8 Å². The van der Waals surface area contributed by atoms with Crippen LogP contribution in [0, 0.1) is 0 Å². The fourth-order valence-corrected chi connectivity index (χ4v) is 1.82. The summed E-state index contributed by atoms with van der Waals surface area (Å²) in [7, 11) is 0. The van der Waals surface area contributed by atoms with E-state index in [4.69, 9.17) is 9.47 Å². The standard InChI is InChI=1S/C11H18O4/c1-3-11(13)15-10-6-4-5-9(7-10)14-8(2)12/h9-10H,3-7H2,1-2H3. The van der Waals surface area contributed by atoms with Crippen molar-refractivity contribution in [2.24, 2.45) is 0 Å². The van der Waals surface area contributed by atoms with Crippen LogP contribution in [0.5, 0.6) is 0 Å². The number of carbonyl (C=O) groups excluding carboxylic acids is 2. The maximum absolute atomic E-state index is 11.1. The summed E-state index contributed by atoms with van der Waals surface area (Å²) in [5.74, 6) is -0.439. The van der Waals surface area contributed by atoms with Gasteiger partial charge in [-0.3, -0.25) is 9.59 Å². The molecule has 0 aromatic rings. The van der Waals surface area contributed by atoms with E-state index in [1.165, 1.54) is 6.92 Å². The quantitative estimate of drug-likeness (QED) is 0.672. The normalized spacial score (nSPS) is 25.7. The third kappa shape index (κ3) is 4.32. The summed E-state index contributed by atoms with van der Waals surface area (Å²) in [6, 6.07) is 0. The first kappa shape index (κ1) is 12.0. The van der Waals surface area contributed by atoms with Gasteiger partial charge in [-0.25, -0.2) is 0 Å². The Morgan fingerprint density at radius 2 is 1.80 bits per heavy atom. The van der Waals surface area contributed by atoms with Crippen LogP contribution in [0.25, 0.3) is 0 Å². The summed E-state index contributed by atoms with van der Waals surface area (Å²) in [6.07, 6.45) is 3.59. The molecule has 0 heterocycles. The summed E-state index contributed by atoms with van der Waals surface area (Å²) in [6.45, 7) is 3.18. The van der Waals surface area contributed by atoms with Gasteiger partial charge in [0.1, 0.15) is 12.2 Å². The van der Waals surface area contributed by atoms with Gasteiger partial charge in [0.05, 0.1) is 0 Å². The molecule has 0 N–H and O–H groups in total. The monoisotopic (exact) mass is 214 g/mol. The molecule has 0 bridgehead atoms. The van der Waals surface area contributed by atoms with Crippen LogP contribution in [0.1, 0.15) is 46.0 Å². The lowest BCUT2D eigenvalue weighted by atomic mass is 9.95. The zero-order valence-electron chi connectivity index (χ0n) is 9.32. The molecule has 1 aliphatic carbocycles. The molecule has 0 radical (unpaired) electrons. The molecule has 2 atom stereocenters. The predicted octanol–water partition coefficient (Wildman–Crippen LogP) is 1.81. The molecule has 1 saturated carbocycles. The van der Waals surface area contributed by atoms with Gasteiger partial charge in [0.15, 0.2) is 0 Å². The lowest BCUT2D eigenvalue weighted by molar-refractivity contribution is -0.157. The van der Waals surface area contributed by atoms with Crippen LogP contribution < -0.4 is 0 Å². The van der Waals surface area contributed by atoms with Crippen molar-refractivity contribution in [3.8, 4) is 0 Å². The number of carbonyl (C=O) groups is 2. The van der Waals surface area contributed by atoms with Crippen LogP contribution >= 0.6 is 0 Å². The Hall–Kier alpha value is -1.06. The second-order valence-electron chi connectivity index (χ2n) is 3.86. The lowest BCUT2D eigenvalue weighted by Gasteiger charge is -2.28. The fourth-order valence-electron chi connectivity index (χ4n) is 1.82. The van der Waals surface area contributed by atoms with E-state index >= 15 is 0 Å². The highest BCUT2D eigenvalue weighted by molar-refractivity contribution is 5.69. The Kier molecular flexibility index (Phi) is 4.59. The van der Waals surface area contributed by atoms with Crippen LogP contribution in [0.4, 0.5) is 0 Å². The van der Waals surface area contributed by atoms with E-state index in [1.807, 2.05) is 0 Å². The van der Waals surface area contributed by atoms with Gasteiger partial charge in [0.2, 0.25) is 0 Å². The maximum atomic E-state index is 11.1. The number of ether oxygens (including phenoxy) is 2. The van der Waals surface area contributed by atoms with E-state index in [-0.39, 0.29) is 24.1 Å². The summed E-state index contributed by atoms with van der Waals surface area (Å²) >= 11 is 0. The maximum Gasteiger partial charge on any atom is 0.305 e. The van der Waals surface area contributed by atoms with Crippen molar-refractivity contribution >= 4 is 11.9 Å². The predicted molar refractivity (Wildman–Crippen MR) is 54.2 cm³/mol. The number of hydrogen-bond donors (Lipinski definition) is 0. The van der Waals surface area contributed by atoms with Crippen LogP contribution in [0.3, 0.4) is 0 Å². The van der Waals surface area contributed by atoms with E-state index in [2.05, 4.69) is 0 Å². The van der Waals surface area contributed by atoms with Crippen molar-refractivity contribution in [3.63, 3.8) is 0 Å². The molecule has 0 aliphatic heterocycles. The largest absolute Gasteiger partial charge is 0.462 e. The molecule has 1 fully saturated rings. The van der Waals surface area contributed by atoms with Crippen molar-refractivity contribution in [2.45, 2.75) is 58.2 Å². The Bertz CT molecular complexity index is 237. The zero-order chi connectivity index (χ0) is 11.3. The first-order valence-electron chi connectivity index (χ1n) is 5.48. The molecule has 0 aromatic carbocycles. The molecule has 0 spiro atoms. The number of esters is 2. The Balaban J connectivity index is 2.35. The molecule has 0 amide bonds. The van der Waals surface area contributed by atoms with Gasteiger partial charge in [-0.1, -0.05) is 6.92 Å². The third-order valence-corrected chi connectivity index (χ3v) is 2.50. The topological polar surface area (TPSA) is 52.6 Å².